The van der Waals surface area contributed by atoms with E-state index in [1.54, 1.807) is 22.7 Å². The summed E-state index contributed by atoms with van der Waals surface area (Å²) in [4.78, 5) is 9.22. The fourth-order valence-electron chi connectivity index (χ4n) is 5.23. The molecule has 6 heteroatoms. The van der Waals surface area contributed by atoms with Crippen molar-refractivity contribution >= 4 is 59.3 Å². The van der Waals surface area contributed by atoms with Gasteiger partial charge in [-0.1, -0.05) is 50.3 Å². The van der Waals surface area contributed by atoms with Crippen molar-refractivity contribution < 1.29 is 4.74 Å². The van der Waals surface area contributed by atoms with E-state index in [0.29, 0.717) is 0 Å². The van der Waals surface area contributed by atoms with Gasteiger partial charge >= 0.3 is 0 Å². The maximum absolute atomic E-state index is 6.52. The normalized spacial score (nSPS) is 13.8. The first-order chi connectivity index (χ1) is 18.8. The number of aromatic nitrogens is 1. The summed E-state index contributed by atoms with van der Waals surface area (Å²) in [6.07, 6.45) is 6.12. The van der Waals surface area contributed by atoms with Gasteiger partial charge < -0.3 is 14.5 Å². The second-order valence-electron chi connectivity index (χ2n) is 11.2. The van der Waals surface area contributed by atoms with Crippen LogP contribution in [0, 0.1) is 0 Å². The highest BCUT2D eigenvalue weighted by atomic mass is 32.1. The third kappa shape index (κ3) is 4.34. The molecule has 3 aromatic carbocycles. The van der Waals surface area contributed by atoms with Crippen LogP contribution in [0.4, 0.5) is 5.69 Å². The predicted octanol–water partition coefficient (Wildman–Crippen LogP) is 9.60. The van der Waals surface area contributed by atoms with E-state index in [0.717, 1.165) is 34.4 Å². The topological polar surface area (TPSA) is 28.6 Å². The van der Waals surface area contributed by atoms with Crippen molar-refractivity contribution in [2.24, 2.45) is 0 Å². The number of anilines is 1. The Labute approximate surface area is 236 Å². The van der Waals surface area contributed by atoms with Gasteiger partial charge in [-0.2, -0.15) is 0 Å². The van der Waals surface area contributed by atoms with Crippen molar-refractivity contribution in [1.82, 2.24) is 9.88 Å². The van der Waals surface area contributed by atoms with Crippen LogP contribution in [0.2, 0.25) is 0 Å². The lowest BCUT2D eigenvalue weighted by molar-refractivity contribution is 0.490. The number of hydrogen-bond acceptors (Lipinski definition) is 6. The first-order valence-electron chi connectivity index (χ1n) is 13.1. The lowest BCUT2D eigenvalue weighted by Gasteiger charge is -2.19. The molecule has 0 N–H and O–H groups in total. The molecular weight excluding hydrogens is 519 g/mol. The molecule has 0 atom stereocenters. The van der Waals surface area contributed by atoms with Crippen molar-refractivity contribution in [3.05, 3.63) is 96.3 Å². The van der Waals surface area contributed by atoms with Gasteiger partial charge in [0.25, 0.3) is 0 Å². The summed E-state index contributed by atoms with van der Waals surface area (Å²) in [6, 6.07) is 23.9. The Bertz CT molecular complexity index is 1890. The van der Waals surface area contributed by atoms with Crippen molar-refractivity contribution in [2.45, 2.75) is 26.2 Å². The molecular formula is C33H29N3OS2. The van der Waals surface area contributed by atoms with Gasteiger partial charge in [0.2, 0.25) is 0 Å². The summed E-state index contributed by atoms with van der Waals surface area (Å²) in [5.41, 5.74) is 4.58. The molecule has 0 fully saturated rings. The van der Waals surface area contributed by atoms with Crippen LogP contribution in [0.15, 0.2) is 90.7 Å². The highest BCUT2D eigenvalue weighted by Crippen LogP contribution is 2.46. The van der Waals surface area contributed by atoms with E-state index in [9.17, 15) is 0 Å². The second-order valence-corrected chi connectivity index (χ2v) is 13.1. The minimum absolute atomic E-state index is 0.0436. The van der Waals surface area contributed by atoms with Gasteiger partial charge in [-0.3, -0.25) is 4.98 Å². The molecule has 194 valence electrons. The summed E-state index contributed by atoms with van der Waals surface area (Å²) in [5.74, 6) is 0.835. The molecule has 1 aliphatic heterocycles. The zero-order valence-electron chi connectivity index (χ0n) is 22.4. The molecule has 0 radical (unpaired) electrons. The minimum atomic E-state index is 0.0436. The van der Waals surface area contributed by atoms with E-state index in [2.05, 4.69) is 116 Å². The van der Waals surface area contributed by atoms with Gasteiger partial charge in [-0.25, -0.2) is 0 Å². The third-order valence-corrected chi connectivity index (χ3v) is 9.35. The van der Waals surface area contributed by atoms with Crippen molar-refractivity contribution in [1.29, 1.82) is 0 Å². The number of nitrogens with zero attached hydrogens (tertiary/aromatic N) is 3. The van der Waals surface area contributed by atoms with Crippen LogP contribution in [0.25, 0.3) is 42.2 Å². The molecule has 0 unspecified atom stereocenters. The van der Waals surface area contributed by atoms with Crippen LogP contribution in [0.3, 0.4) is 0 Å². The summed E-state index contributed by atoms with van der Waals surface area (Å²) in [7, 11) is 2.08. The zero-order valence-corrected chi connectivity index (χ0v) is 24.1. The lowest BCUT2D eigenvalue weighted by Crippen LogP contribution is -2.21. The van der Waals surface area contributed by atoms with E-state index in [4.69, 9.17) is 9.72 Å². The summed E-state index contributed by atoms with van der Waals surface area (Å²) in [5, 5.41) is 8.04. The minimum Gasteiger partial charge on any atom is -0.447 e. The van der Waals surface area contributed by atoms with Gasteiger partial charge in [-0.05, 0) is 58.1 Å². The molecule has 7 rings (SSSR count). The SMILES string of the molecule is CN1C=CN(c2cccc(Oc3cc4c(-c5cc(C(C)(C)C)ccn5)cc5c(ccc6ccsc65)c4s3)c2)C1. The number of rotatable bonds is 4. The van der Waals surface area contributed by atoms with Crippen LogP contribution in [-0.4, -0.2) is 23.6 Å². The van der Waals surface area contributed by atoms with Crippen LogP contribution in [0.1, 0.15) is 26.3 Å². The predicted molar refractivity (Wildman–Crippen MR) is 167 cm³/mol. The number of fused-ring (bicyclic) bond motifs is 5. The standard InChI is InChI=1S/C33H29N3OS2/c1-33(2,3)22-10-12-34-29(16-22)26-18-27-25(9-8-21-11-15-38-31(21)27)32-28(26)19-30(39-32)37-24-7-5-6-23(17-24)36-14-13-35(4)20-36/h5-19H,20H2,1-4H3. The molecule has 6 aromatic rings. The van der Waals surface area contributed by atoms with Crippen molar-refractivity contribution in [2.75, 3.05) is 18.6 Å². The highest BCUT2D eigenvalue weighted by Gasteiger charge is 2.19. The smallest absolute Gasteiger partial charge is 0.182 e. The van der Waals surface area contributed by atoms with Crippen molar-refractivity contribution in [3.8, 4) is 22.1 Å². The van der Waals surface area contributed by atoms with Crippen LogP contribution < -0.4 is 9.64 Å². The largest absolute Gasteiger partial charge is 0.447 e. The number of pyridine rings is 1. The van der Waals surface area contributed by atoms with Gasteiger partial charge in [-0.15, -0.1) is 11.3 Å². The first-order valence-corrected chi connectivity index (χ1v) is 14.8. The number of hydrogen-bond donors (Lipinski definition) is 0. The Morgan fingerprint density at radius 1 is 0.872 bits per heavy atom. The Kier molecular flexibility index (Phi) is 5.65. The van der Waals surface area contributed by atoms with Gasteiger partial charge in [0.05, 0.1) is 12.4 Å². The van der Waals surface area contributed by atoms with E-state index >= 15 is 0 Å². The second kappa shape index (κ2) is 9.11. The summed E-state index contributed by atoms with van der Waals surface area (Å²) >= 11 is 3.51. The average Bonchev–Trinajstić information content (AvgIpc) is 3.67. The third-order valence-electron chi connectivity index (χ3n) is 7.34. The molecule has 0 spiro atoms. The lowest BCUT2D eigenvalue weighted by atomic mass is 9.86. The van der Waals surface area contributed by atoms with Crippen LogP contribution in [-0.2, 0) is 5.41 Å². The molecule has 1 aliphatic rings. The molecule has 0 saturated heterocycles. The van der Waals surface area contributed by atoms with Gasteiger partial charge in [0.15, 0.2) is 5.06 Å². The van der Waals surface area contributed by atoms with E-state index in [-0.39, 0.29) is 5.41 Å². The molecule has 0 saturated carbocycles. The van der Waals surface area contributed by atoms with Crippen molar-refractivity contribution in [3.63, 3.8) is 0 Å². The van der Waals surface area contributed by atoms with Crippen LogP contribution >= 0.6 is 22.7 Å². The molecule has 0 amide bonds. The fraction of sp³-hybridized carbons (Fsp3) is 0.182. The monoisotopic (exact) mass is 547 g/mol. The highest BCUT2D eigenvalue weighted by molar-refractivity contribution is 7.22. The van der Waals surface area contributed by atoms with Gasteiger partial charge in [0, 0.05) is 74.6 Å². The van der Waals surface area contributed by atoms with E-state index in [1.165, 1.54) is 36.5 Å². The molecule has 4 heterocycles. The number of benzene rings is 3. The summed E-state index contributed by atoms with van der Waals surface area (Å²) in [6.45, 7) is 7.58. The number of thiophene rings is 2. The maximum Gasteiger partial charge on any atom is 0.182 e. The Morgan fingerprint density at radius 2 is 1.77 bits per heavy atom. The quantitative estimate of drug-likeness (QED) is 0.220. The molecule has 39 heavy (non-hydrogen) atoms. The maximum atomic E-state index is 6.52. The first kappa shape index (κ1) is 24.2. The average molecular weight is 548 g/mol. The summed E-state index contributed by atoms with van der Waals surface area (Å²) < 4.78 is 9.06. The Hall–Kier alpha value is -3.87. The Morgan fingerprint density at radius 3 is 2.59 bits per heavy atom. The number of ether oxygens (including phenoxy) is 1. The fourth-order valence-corrected chi connectivity index (χ4v) is 7.23. The molecule has 4 nitrogen and oxygen atoms in total. The molecule has 0 bridgehead atoms. The zero-order chi connectivity index (χ0) is 26.7. The van der Waals surface area contributed by atoms with Gasteiger partial charge in [0.1, 0.15) is 5.75 Å². The van der Waals surface area contributed by atoms with E-state index in [1.807, 2.05) is 12.3 Å². The Balaban J connectivity index is 1.38. The molecule has 3 aromatic heterocycles. The van der Waals surface area contributed by atoms with E-state index < -0.39 is 0 Å². The molecule has 0 aliphatic carbocycles. The van der Waals surface area contributed by atoms with Crippen LogP contribution in [0.5, 0.6) is 10.8 Å².